The number of hydrogen-bond donors (Lipinski definition) is 1. The second kappa shape index (κ2) is 9.67. The molecule has 0 aliphatic rings. The number of anilines is 1. The van der Waals surface area contributed by atoms with Crippen molar-refractivity contribution < 1.29 is 14.3 Å². The van der Waals surface area contributed by atoms with Crippen LogP contribution in [-0.2, 0) is 4.79 Å². The third-order valence-electron chi connectivity index (χ3n) is 3.02. The van der Waals surface area contributed by atoms with E-state index in [9.17, 15) is 4.79 Å². The van der Waals surface area contributed by atoms with Gasteiger partial charge in [0.05, 0.1) is 35.2 Å². The number of nitrogens with one attached hydrogen (secondary N) is 1. The van der Waals surface area contributed by atoms with Crippen LogP contribution in [0.15, 0.2) is 42.5 Å². The van der Waals surface area contributed by atoms with Crippen LogP contribution in [0.5, 0.6) is 11.5 Å². The largest absolute Gasteiger partial charge is 0.497 e. The van der Waals surface area contributed by atoms with Crippen molar-refractivity contribution in [3.8, 4) is 11.5 Å². The first-order valence-electron chi connectivity index (χ1n) is 7.18. The molecule has 0 saturated heterocycles. The lowest BCUT2D eigenvalue weighted by molar-refractivity contribution is -0.113. The molecule has 0 bridgehead atoms. The van der Waals surface area contributed by atoms with Crippen LogP contribution in [0.1, 0.15) is 0 Å². The van der Waals surface area contributed by atoms with Crippen LogP contribution in [0.4, 0.5) is 5.69 Å². The van der Waals surface area contributed by atoms with Crippen molar-refractivity contribution in [3.05, 3.63) is 52.5 Å². The van der Waals surface area contributed by atoms with Crippen LogP contribution >= 0.6 is 35.0 Å². The van der Waals surface area contributed by atoms with Crippen LogP contribution < -0.4 is 14.8 Å². The van der Waals surface area contributed by atoms with Crippen LogP contribution in [-0.4, -0.2) is 31.1 Å². The summed E-state index contributed by atoms with van der Waals surface area (Å²) in [5, 5.41) is 3.56. The van der Waals surface area contributed by atoms with Gasteiger partial charge >= 0.3 is 0 Å². The third kappa shape index (κ3) is 5.82. The Morgan fingerprint density at radius 3 is 2.33 bits per heavy atom. The summed E-state index contributed by atoms with van der Waals surface area (Å²) < 4.78 is 10.7. The van der Waals surface area contributed by atoms with Crippen molar-refractivity contribution in [3.63, 3.8) is 0 Å². The maximum absolute atomic E-state index is 11.9. The van der Waals surface area contributed by atoms with Gasteiger partial charge in [-0.2, -0.15) is 0 Å². The minimum Gasteiger partial charge on any atom is -0.497 e. The zero-order valence-electron chi connectivity index (χ0n) is 13.1. The molecule has 1 amide bonds. The summed E-state index contributed by atoms with van der Waals surface area (Å²) in [6.45, 7) is 0.511. The molecule has 0 radical (unpaired) electrons. The van der Waals surface area contributed by atoms with Gasteiger partial charge in [0.25, 0.3) is 0 Å². The van der Waals surface area contributed by atoms with E-state index in [1.54, 1.807) is 25.3 Å². The molecule has 24 heavy (non-hydrogen) atoms. The third-order valence-corrected chi connectivity index (χ3v) is 4.57. The Bertz CT molecular complexity index is 660. The fraction of sp³-hybridized carbons (Fsp3) is 0.235. The minimum atomic E-state index is -0.153. The number of carbonyl (C=O) groups excluding carboxylic acids is 1. The van der Waals surface area contributed by atoms with Gasteiger partial charge in [-0.05, 0) is 36.4 Å². The molecule has 128 valence electrons. The van der Waals surface area contributed by atoms with Gasteiger partial charge in [0.1, 0.15) is 11.5 Å². The minimum absolute atomic E-state index is 0.153. The Balaban J connectivity index is 1.67. The lowest BCUT2D eigenvalue weighted by atomic mass is 10.3. The zero-order valence-corrected chi connectivity index (χ0v) is 15.4. The Morgan fingerprint density at radius 1 is 1.08 bits per heavy atom. The van der Waals surface area contributed by atoms with Crippen LogP contribution in [0.25, 0.3) is 0 Å². The zero-order chi connectivity index (χ0) is 17.4. The highest BCUT2D eigenvalue weighted by atomic mass is 35.5. The topological polar surface area (TPSA) is 47.6 Å². The summed E-state index contributed by atoms with van der Waals surface area (Å²) in [5.74, 6) is 2.39. The van der Waals surface area contributed by atoms with Gasteiger partial charge in [-0.15, -0.1) is 11.8 Å². The monoisotopic (exact) mass is 385 g/mol. The van der Waals surface area contributed by atoms with Gasteiger partial charge in [0, 0.05) is 5.75 Å². The molecular weight excluding hydrogens is 369 g/mol. The lowest BCUT2D eigenvalue weighted by Crippen LogP contribution is -2.15. The quantitative estimate of drug-likeness (QED) is 0.665. The number of methoxy groups -OCH3 is 1. The smallest absolute Gasteiger partial charge is 0.234 e. The molecule has 0 saturated carbocycles. The van der Waals surface area contributed by atoms with E-state index in [0.717, 1.165) is 11.5 Å². The number of benzene rings is 2. The predicted octanol–water partition coefficient (Wildman–Crippen LogP) is 4.75. The highest BCUT2D eigenvalue weighted by Crippen LogP contribution is 2.29. The van der Waals surface area contributed by atoms with Crippen molar-refractivity contribution in [1.82, 2.24) is 0 Å². The number of rotatable bonds is 8. The average Bonchev–Trinajstić information content (AvgIpc) is 2.58. The number of amides is 1. The molecule has 4 nitrogen and oxygen atoms in total. The molecular formula is C17H17Cl2NO3S. The second-order valence-corrected chi connectivity index (χ2v) is 6.64. The molecule has 0 aromatic heterocycles. The Morgan fingerprint density at radius 2 is 1.71 bits per heavy atom. The van der Waals surface area contributed by atoms with E-state index in [0.29, 0.717) is 33.8 Å². The van der Waals surface area contributed by atoms with E-state index >= 15 is 0 Å². The Kier molecular flexibility index (Phi) is 7.56. The van der Waals surface area contributed by atoms with Crippen molar-refractivity contribution >= 4 is 46.6 Å². The van der Waals surface area contributed by atoms with Crippen molar-refractivity contribution in [2.24, 2.45) is 0 Å². The number of carbonyl (C=O) groups is 1. The molecule has 0 fully saturated rings. The van der Waals surface area contributed by atoms with Crippen molar-refractivity contribution in [2.75, 3.05) is 30.5 Å². The molecule has 2 aromatic carbocycles. The lowest BCUT2D eigenvalue weighted by Gasteiger charge is -2.09. The first-order chi connectivity index (χ1) is 11.6. The van der Waals surface area contributed by atoms with Gasteiger partial charge in [0.15, 0.2) is 0 Å². The second-order valence-electron chi connectivity index (χ2n) is 4.72. The molecule has 2 rings (SSSR count). The highest BCUT2D eigenvalue weighted by molar-refractivity contribution is 7.99. The van der Waals surface area contributed by atoms with E-state index < -0.39 is 0 Å². The predicted molar refractivity (Wildman–Crippen MR) is 101 cm³/mol. The summed E-state index contributed by atoms with van der Waals surface area (Å²) in [7, 11) is 1.62. The highest BCUT2D eigenvalue weighted by Gasteiger charge is 2.09. The number of halogens is 2. The average molecular weight is 386 g/mol. The number of thioether (sulfide) groups is 1. The van der Waals surface area contributed by atoms with Gasteiger partial charge in [-0.1, -0.05) is 29.3 Å². The van der Waals surface area contributed by atoms with Gasteiger partial charge in [-0.25, -0.2) is 0 Å². The number of hydrogen-bond acceptors (Lipinski definition) is 4. The van der Waals surface area contributed by atoms with E-state index in [1.807, 2.05) is 24.3 Å². The fourth-order valence-electron chi connectivity index (χ4n) is 1.85. The van der Waals surface area contributed by atoms with E-state index in [4.69, 9.17) is 32.7 Å². The molecule has 0 heterocycles. The first-order valence-corrected chi connectivity index (χ1v) is 9.09. The standard InChI is InChI=1S/C17H17Cl2NO3S/c1-22-12-5-7-13(8-6-12)23-9-10-24-11-16(21)20-17-14(18)3-2-4-15(17)19/h2-8H,9-11H2,1H3,(H,20,21). The van der Waals surface area contributed by atoms with Gasteiger partial charge < -0.3 is 14.8 Å². The Hall–Kier alpha value is -1.56. The molecule has 2 aromatic rings. The van der Waals surface area contributed by atoms with Crippen LogP contribution in [0.3, 0.4) is 0 Å². The maximum Gasteiger partial charge on any atom is 0.234 e. The van der Waals surface area contributed by atoms with Crippen LogP contribution in [0, 0.1) is 0 Å². The van der Waals surface area contributed by atoms with E-state index in [2.05, 4.69) is 5.32 Å². The summed E-state index contributed by atoms with van der Waals surface area (Å²) in [4.78, 5) is 11.9. The molecule has 0 spiro atoms. The molecule has 1 N–H and O–H groups in total. The molecule has 0 aliphatic carbocycles. The summed E-state index contributed by atoms with van der Waals surface area (Å²) >= 11 is 13.5. The molecule has 0 atom stereocenters. The first kappa shape index (κ1) is 18.8. The maximum atomic E-state index is 11.9. The molecule has 7 heteroatoms. The van der Waals surface area contributed by atoms with Crippen molar-refractivity contribution in [2.45, 2.75) is 0 Å². The normalized spacial score (nSPS) is 10.3. The van der Waals surface area contributed by atoms with Gasteiger partial charge in [-0.3, -0.25) is 4.79 Å². The van der Waals surface area contributed by atoms with E-state index in [1.165, 1.54) is 11.8 Å². The van der Waals surface area contributed by atoms with Gasteiger partial charge in [0.2, 0.25) is 5.91 Å². The SMILES string of the molecule is COc1ccc(OCCSCC(=O)Nc2c(Cl)cccc2Cl)cc1. The van der Waals surface area contributed by atoms with Crippen molar-refractivity contribution in [1.29, 1.82) is 0 Å². The van der Waals surface area contributed by atoms with E-state index in [-0.39, 0.29) is 5.91 Å². The molecule has 0 aliphatic heterocycles. The Labute approximate surface area is 155 Å². The summed E-state index contributed by atoms with van der Waals surface area (Å²) in [6, 6.07) is 12.4. The van der Waals surface area contributed by atoms with Crippen LogP contribution in [0.2, 0.25) is 10.0 Å². The summed E-state index contributed by atoms with van der Waals surface area (Å²) in [6.07, 6.45) is 0. The number of ether oxygens (including phenoxy) is 2. The fourth-order valence-corrected chi connectivity index (χ4v) is 2.94. The molecule has 0 unspecified atom stereocenters. The summed E-state index contributed by atoms with van der Waals surface area (Å²) in [5.41, 5.74) is 0.445. The number of para-hydroxylation sites is 1.